The predicted molar refractivity (Wildman–Crippen MR) is 119 cm³/mol. The van der Waals surface area contributed by atoms with Crippen LogP contribution in [0, 0.1) is 11.3 Å². The lowest BCUT2D eigenvalue weighted by molar-refractivity contribution is -0.145. The van der Waals surface area contributed by atoms with E-state index >= 15 is 0 Å². The van der Waals surface area contributed by atoms with E-state index in [1.165, 1.54) is 96.3 Å². The van der Waals surface area contributed by atoms with Crippen LogP contribution in [0.5, 0.6) is 0 Å². The van der Waals surface area contributed by atoms with E-state index in [9.17, 15) is 4.79 Å². The number of carbonyl (C=O) groups is 1. The average Bonchev–Trinajstić information content (AvgIpc) is 2.68. The fraction of sp³-hybridized carbons (Fsp3) is 0.840. The van der Waals surface area contributed by atoms with Gasteiger partial charge in [0.1, 0.15) is 6.07 Å². The number of carbonyl (C=O) groups excluding carboxylic acids is 1. The second-order valence-corrected chi connectivity index (χ2v) is 8.25. The van der Waals surface area contributed by atoms with Crippen LogP contribution in [0.1, 0.15) is 129 Å². The highest BCUT2D eigenvalue weighted by molar-refractivity contribution is 5.70. The lowest BCUT2D eigenvalue weighted by Crippen LogP contribution is -2.16. The highest BCUT2D eigenvalue weighted by Gasteiger charge is 2.13. The molecule has 0 spiro atoms. The first-order valence-corrected chi connectivity index (χ1v) is 11.9. The van der Waals surface area contributed by atoms with Gasteiger partial charge in [0, 0.05) is 6.42 Å². The number of nitrogens with zero attached hydrogens (tertiary/aromatic N) is 1. The number of esters is 1. The van der Waals surface area contributed by atoms with E-state index in [0.717, 1.165) is 12.8 Å². The molecule has 0 fully saturated rings. The van der Waals surface area contributed by atoms with Gasteiger partial charge in [0.25, 0.3) is 0 Å². The maximum absolute atomic E-state index is 11.7. The number of hydrogen-bond acceptors (Lipinski definition) is 3. The molecule has 0 aliphatic carbocycles. The second-order valence-electron chi connectivity index (χ2n) is 8.25. The van der Waals surface area contributed by atoms with Crippen LogP contribution < -0.4 is 0 Å². The Morgan fingerprint density at radius 1 is 0.786 bits per heavy atom. The summed E-state index contributed by atoms with van der Waals surface area (Å²) in [6.07, 6.45) is 22.1. The van der Waals surface area contributed by atoms with Crippen molar-refractivity contribution in [1.29, 1.82) is 5.26 Å². The van der Waals surface area contributed by atoms with E-state index in [1.54, 1.807) is 6.92 Å². The second kappa shape index (κ2) is 20.4. The van der Waals surface area contributed by atoms with Gasteiger partial charge in [-0.3, -0.25) is 4.79 Å². The first-order valence-electron chi connectivity index (χ1n) is 11.9. The average molecular weight is 392 g/mol. The Morgan fingerprint density at radius 3 is 1.46 bits per heavy atom. The van der Waals surface area contributed by atoms with E-state index in [4.69, 9.17) is 10.00 Å². The molecule has 162 valence electrons. The molecule has 0 heterocycles. The summed E-state index contributed by atoms with van der Waals surface area (Å²) in [5, 5.41) is 8.88. The van der Waals surface area contributed by atoms with Gasteiger partial charge in [-0.15, -0.1) is 0 Å². The van der Waals surface area contributed by atoms with Gasteiger partial charge < -0.3 is 4.74 Å². The summed E-state index contributed by atoms with van der Waals surface area (Å²) in [6.45, 7) is 7.64. The lowest BCUT2D eigenvalue weighted by atomic mass is 10.0. The highest BCUT2D eigenvalue weighted by Crippen LogP contribution is 2.14. The summed E-state index contributed by atoms with van der Waals surface area (Å²) in [6, 6.07) is 1.95. The van der Waals surface area contributed by atoms with Crippen molar-refractivity contribution in [3.63, 3.8) is 0 Å². The molecule has 0 rings (SSSR count). The van der Waals surface area contributed by atoms with Gasteiger partial charge in [0.15, 0.2) is 0 Å². The molecule has 28 heavy (non-hydrogen) atoms. The largest absolute Gasteiger partial charge is 0.442 e. The van der Waals surface area contributed by atoms with Crippen molar-refractivity contribution in [3.8, 4) is 6.07 Å². The summed E-state index contributed by atoms with van der Waals surface area (Å²) < 4.78 is 5.09. The van der Waals surface area contributed by atoms with Crippen LogP contribution in [-0.4, -0.2) is 12.1 Å². The molecule has 1 unspecified atom stereocenters. The maximum Gasteiger partial charge on any atom is 0.307 e. The van der Waals surface area contributed by atoms with Gasteiger partial charge in [0.2, 0.25) is 6.10 Å². The minimum Gasteiger partial charge on any atom is -0.442 e. The number of hydrogen-bond donors (Lipinski definition) is 0. The van der Waals surface area contributed by atoms with Crippen LogP contribution >= 0.6 is 0 Å². The van der Waals surface area contributed by atoms with Crippen molar-refractivity contribution in [3.05, 3.63) is 12.2 Å². The molecule has 0 amide bonds. The lowest BCUT2D eigenvalue weighted by Gasteiger charge is -2.10. The summed E-state index contributed by atoms with van der Waals surface area (Å²) >= 11 is 0. The minimum absolute atomic E-state index is 0.282. The molecule has 1 atom stereocenters. The monoisotopic (exact) mass is 391 g/mol. The van der Waals surface area contributed by atoms with Crippen molar-refractivity contribution in [2.24, 2.45) is 0 Å². The third kappa shape index (κ3) is 18.1. The summed E-state index contributed by atoms with van der Waals surface area (Å²) in [5.74, 6) is -0.282. The molecule has 0 saturated carbocycles. The zero-order valence-corrected chi connectivity index (χ0v) is 18.8. The molecule has 0 aliphatic heterocycles. The quantitative estimate of drug-likeness (QED) is 0.120. The van der Waals surface area contributed by atoms with Gasteiger partial charge in [-0.25, -0.2) is 0 Å². The highest BCUT2D eigenvalue weighted by atomic mass is 16.5. The molecule has 0 saturated heterocycles. The summed E-state index contributed by atoms with van der Waals surface area (Å²) in [7, 11) is 0. The number of ether oxygens (including phenoxy) is 1. The first-order chi connectivity index (χ1) is 13.6. The fourth-order valence-electron chi connectivity index (χ4n) is 3.42. The maximum atomic E-state index is 11.7. The van der Waals surface area contributed by atoms with Crippen molar-refractivity contribution < 1.29 is 9.53 Å². The van der Waals surface area contributed by atoms with Gasteiger partial charge >= 0.3 is 5.97 Å². The normalized spacial score (nSPS) is 11.8. The molecule has 0 bridgehead atoms. The zero-order valence-electron chi connectivity index (χ0n) is 18.8. The zero-order chi connectivity index (χ0) is 20.9. The molecular formula is C25H45NO2. The Hall–Kier alpha value is -1.30. The molecule has 0 aromatic rings. The van der Waals surface area contributed by atoms with E-state index < -0.39 is 6.10 Å². The Balaban J connectivity index is 3.25. The van der Waals surface area contributed by atoms with Gasteiger partial charge in [-0.05, 0) is 18.9 Å². The Kier molecular flexibility index (Phi) is 19.5. The molecule has 0 aromatic carbocycles. The van der Waals surface area contributed by atoms with Crippen LogP contribution in [0.2, 0.25) is 0 Å². The van der Waals surface area contributed by atoms with E-state index in [-0.39, 0.29) is 5.97 Å². The standard InChI is InChI=1S/C25H45NO2/c1-4-5-6-7-8-9-10-11-12-13-14-15-16-17-18-19-20-21-25(27)28-24(22-26)23(2)3/h24H,2,4-21H2,1,3H3. The third-order valence-electron chi connectivity index (χ3n) is 5.30. The molecule has 0 aliphatic rings. The molecule has 0 radical (unpaired) electrons. The van der Waals surface area contributed by atoms with Crippen LogP contribution in [0.15, 0.2) is 12.2 Å². The number of nitriles is 1. The predicted octanol–water partition coefficient (Wildman–Crippen LogP) is 8.04. The van der Waals surface area contributed by atoms with Gasteiger partial charge in [-0.1, -0.05) is 116 Å². The summed E-state index contributed by atoms with van der Waals surface area (Å²) in [4.78, 5) is 11.7. The molecule has 3 heteroatoms. The fourth-order valence-corrected chi connectivity index (χ4v) is 3.42. The SMILES string of the molecule is C=C(C)C(C#N)OC(=O)CCCCCCCCCCCCCCCCCCC. The van der Waals surface area contributed by atoms with E-state index in [0.29, 0.717) is 12.0 Å². The molecule has 3 nitrogen and oxygen atoms in total. The smallest absolute Gasteiger partial charge is 0.307 e. The van der Waals surface area contributed by atoms with Crippen LogP contribution in [-0.2, 0) is 9.53 Å². The Bertz CT molecular complexity index is 425. The van der Waals surface area contributed by atoms with Crippen LogP contribution in [0.3, 0.4) is 0 Å². The topological polar surface area (TPSA) is 50.1 Å². The number of unbranched alkanes of at least 4 members (excludes halogenated alkanes) is 16. The molecule has 0 aromatic heterocycles. The molecule has 0 N–H and O–H groups in total. The third-order valence-corrected chi connectivity index (χ3v) is 5.30. The van der Waals surface area contributed by atoms with Crippen LogP contribution in [0.4, 0.5) is 0 Å². The van der Waals surface area contributed by atoms with Crippen molar-refractivity contribution in [2.45, 2.75) is 136 Å². The van der Waals surface area contributed by atoms with Crippen molar-refractivity contribution in [1.82, 2.24) is 0 Å². The van der Waals surface area contributed by atoms with Gasteiger partial charge in [-0.2, -0.15) is 5.26 Å². The Labute approximate surface area is 174 Å². The Morgan fingerprint density at radius 2 is 1.14 bits per heavy atom. The van der Waals surface area contributed by atoms with Crippen molar-refractivity contribution in [2.75, 3.05) is 0 Å². The van der Waals surface area contributed by atoms with Crippen molar-refractivity contribution >= 4 is 5.97 Å². The molecular weight excluding hydrogens is 346 g/mol. The first kappa shape index (κ1) is 26.7. The van der Waals surface area contributed by atoms with Crippen LogP contribution in [0.25, 0.3) is 0 Å². The van der Waals surface area contributed by atoms with E-state index in [2.05, 4.69) is 13.5 Å². The van der Waals surface area contributed by atoms with Gasteiger partial charge in [0.05, 0.1) is 0 Å². The summed E-state index contributed by atoms with van der Waals surface area (Å²) in [5.41, 5.74) is 0.582. The number of rotatable bonds is 20. The van der Waals surface area contributed by atoms with E-state index in [1.807, 2.05) is 6.07 Å². The minimum atomic E-state index is -0.793.